The Balaban J connectivity index is 2.55. The van der Waals surface area contributed by atoms with Crippen LogP contribution >= 0.6 is 0 Å². The van der Waals surface area contributed by atoms with Gasteiger partial charge in [0.05, 0.1) is 19.9 Å². The Bertz CT molecular complexity index is 619. The number of carboxylic acid groups (broad SMARTS) is 1. The van der Waals surface area contributed by atoms with Gasteiger partial charge in [-0.25, -0.2) is 4.79 Å². The number of benzene rings is 1. The zero-order chi connectivity index (χ0) is 14.0. The number of H-pyrrole nitrogens is 1. The standard InChI is InChI=1S/C13H14N2O4/c1-7-11(18-2)5-4-8(12(7)19-3)9-6-10(13(16)17)15-14-9/h4-6H,1-3H3,(H,14,15)(H,16,17). The third-order valence-corrected chi connectivity index (χ3v) is 2.86. The largest absolute Gasteiger partial charge is 0.496 e. The minimum Gasteiger partial charge on any atom is -0.496 e. The third-order valence-electron chi connectivity index (χ3n) is 2.86. The summed E-state index contributed by atoms with van der Waals surface area (Å²) in [5.41, 5.74) is 2.09. The maximum absolute atomic E-state index is 10.8. The summed E-state index contributed by atoms with van der Waals surface area (Å²) < 4.78 is 10.6. The third kappa shape index (κ3) is 2.24. The van der Waals surface area contributed by atoms with Gasteiger partial charge < -0.3 is 14.6 Å². The Morgan fingerprint density at radius 1 is 1.32 bits per heavy atom. The zero-order valence-electron chi connectivity index (χ0n) is 10.9. The van der Waals surface area contributed by atoms with Crippen LogP contribution in [0.3, 0.4) is 0 Å². The number of nitrogens with one attached hydrogen (secondary N) is 1. The van der Waals surface area contributed by atoms with Crippen molar-refractivity contribution in [1.29, 1.82) is 0 Å². The predicted molar refractivity (Wildman–Crippen MR) is 68.8 cm³/mol. The number of hydrogen-bond donors (Lipinski definition) is 2. The van der Waals surface area contributed by atoms with Crippen LogP contribution in [-0.4, -0.2) is 35.5 Å². The van der Waals surface area contributed by atoms with Crippen LogP contribution in [0.2, 0.25) is 0 Å². The molecule has 2 rings (SSSR count). The summed E-state index contributed by atoms with van der Waals surface area (Å²) in [6, 6.07) is 5.04. The molecule has 6 nitrogen and oxygen atoms in total. The monoisotopic (exact) mass is 262 g/mol. The molecule has 0 saturated heterocycles. The minimum absolute atomic E-state index is 0.0329. The molecule has 0 aliphatic carbocycles. The molecule has 100 valence electrons. The van der Waals surface area contributed by atoms with Crippen molar-refractivity contribution in [2.75, 3.05) is 14.2 Å². The van der Waals surface area contributed by atoms with Gasteiger partial charge in [0.25, 0.3) is 0 Å². The maximum atomic E-state index is 10.8. The van der Waals surface area contributed by atoms with Crippen LogP contribution in [-0.2, 0) is 0 Å². The van der Waals surface area contributed by atoms with Crippen LogP contribution < -0.4 is 9.47 Å². The molecule has 0 aliphatic heterocycles. The van der Waals surface area contributed by atoms with E-state index < -0.39 is 5.97 Å². The molecule has 0 radical (unpaired) electrons. The quantitative estimate of drug-likeness (QED) is 0.881. The second-order valence-electron chi connectivity index (χ2n) is 3.95. The van der Waals surface area contributed by atoms with Gasteiger partial charge in [-0.3, -0.25) is 5.10 Å². The van der Waals surface area contributed by atoms with E-state index in [1.165, 1.54) is 6.07 Å². The molecule has 0 unspecified atom stereocenters. The molecule has 2 N–H and O–H groups in total. The highest BCUT2D eigenvalue weighted by atomic mass is 16.5. The molecule has 2 aromatic rings. The van der Waals surface area contributed by atoms with E-state index in [0.29, 0.717) is 22.8 Å². The molecule has 19 heavy (non-hydrogen) atoms. The van der Waals surface area contributed by atoms with Crippen molar-refractivity contribution >= 4 is 5.97 Å². The van der Waals surface area contributed by atoms with E-state index in [1.54, 1.807) is 26.4 Å². The van der Waals surface area contributed by atoms with E-state index in [9.17, 15) is 4.79 Å². The lowest BCUT2D eigenvalue weighted by molar-refractivity contribution is 0.0690. The normalized spacial score (nSPS) is 10.3. The molecular formula is C13H14N2O4. The average Bonchev–Trinajstić information content (AvgIpc) is 2.87. The topological polar surface area (TPSA) is 84.4 Å². The van der Waals surface area contributed by atoms with Gasteiger partial charge >= 0.3 is 5.97 Å². The van der Waals surface area contributed by atoms with Crippen molar-refractivity contribution < 1.29 is 19.4 Å². The van der Waals surface area contributed by atoms with E-state index in [4.69, 9.17) is 14.6 Å². The fourth-order valence-corrected chi connectivity index (χ4v) is 1.93. The first-order chi connectivity index (χ1) is 9.08. The van der Waals surface area contributed by atoms with Gasteiger partial charge in [-0.2, -0.15) is 5.10 Å². The molecule has 0 spiro atoms. The summed E-state index contributed by atoms with van der Waals surface area (Å²) >= 11 is 0. The van der Waals surface area contributed by atoms with E-state index >= 15 is 0 Å². The minimum atomic E-state index is -1.05. The molecule has 0 amide bonds. The Morgan fingerprint density at radius 3 is 2.58 bits per heavy atom. The first kappa shape index (κ1) is 12.9. The van der Waals surface area contributed by atoms with Crippen LogP contribution in [0.15, 0.2) is 18.2 Å². The Kier molecular flexibility index (Phi) is 3.41. The summed E-state index contributed by atoms with van der Waals surface area (Å²) in [5.74, 6) is 0.264. The van der Waals surface area contributed by atoms with Gasteiger partial charge in [-0.15, -0.1) is 0 Å². The lowest BCUT2D eigenvalue weighted by Crippen LogP contribution is -1.95. The molecule has 0 fully saturated rings. The van der Waals surface area contributed by atoms with Gasteiger partial charge in [-0.1, -0.05) is 0 Å². The van der Waals surface area contributed by atoms with Gasteiger partial charge in [0.15, 0.2) is 0 Å². The molecular weight excluding hydrogens is 248 g/mol. The fraction of sp³-hybridized carbons (Fsp3) is 0.231. The predicted octanol–water partition coefficient (Wildman–Crippen LogP) is 2.10. The number of nitrogens with zero attached hydrogens (tertiary/aromatic N) is 1. The van der Waals surface area contributed by atoms with Crippen molar-refractivity contribution in [2.45, 2.75) is 6.92 Å². The fourth-order valence-electron chi connectivity index (χ4n) is 1.93. The molecule has 0 atom stereocenters. The number of aromatic carboxylic acids is 1. The molecule has 0 bridgehead atoms. The summed E-state index contributed by atoms with van der Waals surface area (Å²) in [6.45, 7) is 1.87. The Labute approximate surface area is 110 Å². The second-order valence-corrected chi connectivity index (χ2v) is 3.95. The average molecular weight is 262 g/mol. The van der Waals surface area contributed by atoms with Crippen LogP contribution in [0.4, 0.5) is 0 Å². The zero-order valence-corrected chi connectivity index (χ0v) is 10.9. The molecule has 6 heteroatoms. The van der Waals surface area contributed by atoms with E-state index in [0.717, 1.165) is 5.56 Å². The van der Waals surface area contributed by atoms with E-state index in [1.807, 2.05) is 6.92 Å². The number of carboxylic acids is 1. The molecule has 0 aliphatic rings. The SMILES string of the molecule is COc1ccc(-c2cc(C(=O)O)[nH]n2)c(OC)c1C. The molecule has 1 heterocycles. The van der Waals surface area contributed by atoms with Gasteiger partial charge in [0.2, 0.25) is 0 Å². The maximum Gasteiger partial charge on any atom is 0.353 e. The number of ether oxygens (including phenoxy) is 2. The molecule has 0 saturated carbocycles. The van der Waals surface area contributed by atoms with Gasteiger partial charge in [0, 0.05) is 11.1 Å². The number of hydrogen-bond acceptors (Lipinski definition) is 4. The van der Waals surface area contributed by atoms with Crippen molar-refractivity contribution in [3.05, 3.63) is 29.5 Å². The van der Waals surface area contributed by atoms with Crippen LogP contribution in [0.25, 0.3) is 11.3 Å². The number of carbonyl (C=O) groups is 1. The van der Waals surface area contributed by atoms with Crippen molar-refractivity contribution in [1.82, 2.24) is 10.2 Å². The summed E-state index contributed by atoms with van der Waals surface area (Å²) in [7, 11) is 3.13. The Hall–Kier alpha value is -2.50. The molecule has 1 aromatic carbocycles. The highest BCUT2D eigenvalue weighted by Crippen LogP contribution is 2.37. The van der Waals surface area contributed by atoms with Crippen LogP contribution in [0.1, 0.15) is 16.1 Å². The van der Waals surface area contributed by atoms with Crippen molar-refractivity contribution in [3.8, 4) is 22.8 Å². The molecule has 1 aromatic heterocycles. The second kappa shape index (κ2) is 5.01. The summed E-state index contributed by atoms with van der Waals surface area (Å²) in [4.78, 5) is 10.8. The number of aromatic nitrogens is 2. The smallest absolute Gasteiger partial charge is 0.353 e. The number of rotatable bonds is 4. The number of methoxy groups -OCH3 is 2. The Morgan fingerprint density at radius 2 is 2.05 bits per heavy atom. The van der Waals surface area contributed by atoms with Crippen LogP contribution in [0, 0.1) is 6.92 Å². The van der Waals surface area contributed by atoms with Gasteiger partial charge in [0.1, 0.15) is 17.2 Å². The summed E-state index contributed by atoms with van der Waals surface area (Å²) in [6.07, 6.45) is 0. The first-order valence-corrected chi connectivity index (χ1v) is 5.59. The van der Waals surface area contributed by atoms with Gasteiger partial charge in [-0.05, 0) is 25.1 Å². The number of aromatic amines is 1. The highest BCUT2D eigenvalue weighted by molar-refractivity contribution is 5.87. The lowest BCUT2D eigenvalue weighted by atomic mass is 10.1. The summed E-state index contributed by atoms with van der Waals surface area (Å²) in [5, 5.41) is 15.3. The first-order valence-electron chi connectivity index (χ1n) is 5.59. The van der Waals surface area contributed by atoms with Crippen LogP contribution in [0.5, 0.6) is 11.5 Å². The van der Waals surface area contributed by atoms with Crippen molar-refractivity contribution in [3.63, 3.8) is 0 Å². The van der Waals surface area contributed by atoms with Crippen molar-refractivity contribution in [2.24, 2.45) is 0 Å². The van der Waals surface area contributed by atoms with E-state index in [2.05, 4.69) is 10.2 Å². The highest BCUT2D eigenvalue weighted by Gasteiger charge is 2.16. The van der Waals surface area contributed by atoms with E-state index in [-0.39, 0.29) is 5.69 Å². The lowest BCUT2D eigenvalue weighted by Gasteiger charge is -2.12.